The molecule has 13 heteroatoms. The monoisotopic (exact) mass is 537 g/mol. The summed E-state index contributed by atoms with van der Waals surface area (Å²) in [5, 5.41) is 22.4. The van der Waals surface area contributed by atoms with Crippen molar-refractivity contribution in [3.05, 3.63) is 44.0 Å². The second-order valence-electron chi connectivity index (χ2n) is 11.1. The maximum absolute atomic E-state index is 13.2. The molecule has 0 spiro atoms. The van der Waals surface area contributed by atoms with Crippen LogP contribution in [0.15, 0.2) is 18.2 Å². The number of carbonyl (C=O) groups is 3. The third-order valence-corrected chi connectivity index (χ3v) is 5.49. The van der Waals surface area contributed by atoms with Gasteiger partial charge in [0.2, 0.25) is 0 Å². The van der Waals surface area contributed by atoms with Crippen molar-refractivity contribution >= 4 is 29.4 Å². The van der Waals surface area contributed by atoms with Crippen molar-refractivity contribution in [1.82, 2.24) is 4.90 Å². The SMILES string of the molecule is CCC[C@H]1C[C@H](OC(=O)c2cc([N+](=O)[O-])cc([N+](=O)[O-])c2)C[C@@H](C(=O)OC(C)(C)C)N1C(=O)OC(C)(C)C. The van der Waals surface area contributed by atoms with Gasteiger partial charge in [-0.25, -0.2) is 14.4 Å². The molecule has 2 rings (SSSR count). The second-order valence-corrected chi connectivity index (χ2v) is 11.1. The summed E-state index contributed by atoms with van der Waals surface area (Å²) in [6.45, 7) is 12.1. The normalized spacial score (nSPS) is 19.9. The van der Waals surface area contributed by atoms with Gasteiger partial charge < -0.3 is 14.2 Å². The minimum absolute atomic E-state index is 0.114. The van der Waals surface area contributed by atoms with Crippen LogP contribution in [0.5, 0.6) is 0 Å². The van der Waals surface area contributed by atoms with E-state index in [2.05, 4.69) is 0 Å². The molecule has 1 aromatic rings. The van der Waals surface area contributed by atoms with Crippen molar-refractivity contribution in [2.24, 2.45) is 0 Å². The van der Waals surface area contributed by atoms with E-state index in [1.54, 1.807) is 41.5 Å². The molecule has 1 aromatic carbocycles. The molecule has 1 fully saturated rings. The summed E-state index contributed by atoms with van der Waals surface area (Å²) in [7, 11) is 0. The van der Waals surface area contributed by atoms with Crippen LogP contribution in [0.3, 0.4) is 0 Å². The zero-order valence-corrected chi connectivity index (χ0v) is 22.7. The highest BCUT2D eigenvalue weighted by atomic mass is 16.6. The van der Waals surface area contributed by atoms with Crippen LogP contribution in [-0.2, 0) is 19.0 Å². The highest BCUT2D eigenvalue weighted by Crippen LogP contribution is 2.32. The van der Waals surface area contributed by atoms with Gasteiger partial charge in [-0.05, 0) is 48.0 Å². The van der Waals surface area contributed by atoms with Crippen LogP contribution in [0.25, 0.3) is 0 Å². The Bertz CT molecular complexity index is 1060. The number of hydrogen-bond acceptors (Lipinski definition) is 10. The lowest BCUT2D eigenvalue weighted by Crippen LogP contribution is -2.59. The molecule has 1 aliphatic rings. The third kappa shape index (κ3) is 8.38. The summed E-state index contributed by atoms with van der Waals surface area (Å²) < 4.78 is 16.7. The molecule has 1 amide bonds. The molecular formula is C25H35N3O10. The largest absolute Gasteiger partial charge is 0.459 e. The number of hydrogen-bond donors (Lipinski definition) is 0. The molecule has 1 heterocycles. The fourth-order valence-corrected chi connectivity index (χ4v) is 4.13. The average molecular weight is 538 g/mol. The lowest BCUT2D eigenvalue weighted by molar-refractivity contribution is -0.394. The number of nitro benzene ring substituents is 2. The zero-order chi connectivity index (χ0) is 29.0. The molecule has 38 heavy (non-hydrogen) atoms. The minimum Gasteiger partial charge on any atom is -0.459 e. The molecule has 1 aliphatic heterocycles. The summed E-state index contributed by atoms with van der Waals surface area (Å²) in [6, 6.07) is 0.844. The number of carbonyl (C=O) groups excluding carboxylic acids is 3. The van der Waals surface area contributed by atoms with Crippen molar-refractivity contribution in [2.45, 2.75) is 104 Å². The molecule has 0 aliphatic carbocycles. The van der Waals surface area contributed by atoms with Crippen molar-refractivity contribution in [3.8, 4) is 0 Å². The van der Waals surface area contributed by atoms with Gasteiger partial charge in [0.25, 0.3) is 11.4 Å². The topological polar surface area (TPSA) is 168 Å². The fourth-order valence-electron chi connectivity index (χ4n) is 4.13. The Hall–Kier alpha value is -3.77. The van der Waals surface area contributed by atoms with E-state index in [0.717, 1.165) is 18.2 Å². The average Bonchev–Trinajstić information content (AvgIpc) is 2.76. The molecule has 3 atom stereocenters. The maximum atomic E-state index is 13.2. The molecule has 0 saturated carbocycles. The number of rotatable bonds is 7. The lowest BCUT2D eigenvalue weighted by atomic mass is 9.90. The summed E-state index contributed by atoms with van der Waals surface area (Å²) in [5.74, 6) is -1.72. The molecule has 0 bridgehead atoms. The molecule has 13 nitrogen and oxygen atoms in total. The number of non-ortho nitro benzene ring substituents is 2. The third-order valence-electron chi connectivity index (χ3n) is 5.49. The smallest absolute Gasteiger partial charge is 0.411 e. The van der Waals surface area contributed by atoms with Crippen LogP contribution in [0.4, 0.5) is 16.2 Å². The fraction of sp³-hybridized carbons (Fsp3) is 0.640. The van der Waals surface area contributed by atoms with Gasteiger partial charge in [-0.2, -0.15) is 0 Å². The van der Waals surface area contributed by atoms with Crippen LogP contribution < -0.4 is 0 Å². The van der Waals surface area contributed by atoms with Gasteiger partial charge in [0.1, 0.15) is 23.3 Å². The number of likely N-dealkylation sites (tertiary alicyclic amines) is 1. The van der Waals surface area contributed by atoms with Gasteiger partial charge in [-0.1, -0.05) is 13.3 Å². The van der Waals surface area contributed by atoms with Crippen molar-refractivity contribution < 1.29 is 38.4 Å². The van der Waals surface area contributed by atoms with Gasteiger partial charge in [0.15, 0.2) is 0 Å². The van der Waals surface area contributed by atoms with Gasteiger partial charge in [0.05, 0.1) is 21.5 Å². The van der Waals surface area contributed by atoms with E-state index in [1.807, 2.05) is 6.92 Å². The van der Waals surface area contributed by atoms with Crippen LogP contribution >= 0.6 is 0 Å². The lowest BCUT2D eigenvalue weighted by Gasteiger charge is -2.44. The minimum atomic E-state index is -1.13. The van der Waals surface area contributed by atoms with Crippen LogP contribution in [0.2, 0.25) is 0 Å². The number of benzene rings is 1. The molecule has 1 saturated heterocycles. The molecule has 0 N–H and O–H groups in total. The molecule has 0 aromatic heterocycles. The Morgan fingerprint density at radius 2 is 1.45 bits per heavy atom. The van der Waals surface area contributed by atoms with Crippen LogP contribution in [0, 0.1) is 20.2 Å². The van der Waals surface area contributed by atoms with Crippen molar-refractivity contribution in [1.29, 1.82) is 0 Å². The second kappa shape index (κ2) is 11.7. The number of esters is 2. The highest BCUT2D eigenvalue weighted by molar-refractivity contribution is 5.91. The van der Waals surface area contributed by atoms with Crippen molar-refractivity contribution in [2.75, 3.05) is 0 Å². The molecule has 0 unspecified atom stereocenters. The predicted molar refractivity (Wildman–Crippen MR) is 135 cm³/mol. The number of nitrogens with zero attached hydrogens (tertiary/aromatic N) is 3. The number of amides is 1. The maximum Gasteiger partial charge on any atom is 0.411 e. The highest BCUT2D eigenvalue weighted by Gasteiger charge is 2.46. The van der Waals surface area contributed by atoms with E-state index in [1.165, 1.54) is 4.90 Å². The molecule has 0 radical (unpaired) electrons. The van der Waals surface area contributed by atoms with Crippen LogP contribution in [0.1, 0.15) is 84.5 Å². The Kier molecular flexibility index (Phi) is 9.41. The van der Waals surface area contributed by atoms with E-state index in [-0.39, 0.29) is 18.4 Å². The van der Waals surface area contributed by atoms with E-state index >= 15 is 0 Å². The first-order valence-electron chi connectivity index (χ1n) is 12.3. The van der Waals surface area contributed by atoms with Gasteiger partial charge in [-0.15, -0.1) is 0 Å². The van der Waals surface area contributed by atoms with Gasteiger partial charge in [0, 0.05) is 31.0 Å². The Morgan fingerprint density at radius 1 is 0.921 bits per heavy atom. The Labute approximate surface area is 220 Å². The summed E-state index contributed by atoms with van der Waals surface area (Å²) in [6.07, 6.45) is -0.427. The van der Waals surface area contributed by atoms with E-state index in [9.17, 15) is 34.6 Å². The van der Waals surface area contributed by atoms with E-state index < -0.39 is 68.6 Å². The summed E-state index contributed by atoms with van der Waals surface area (Å²) in [5.41, 5.74) is -3.33. The Morgan fingerprint density at radius 3 is 1.89 bits per heavy atom. The quantitative estimate of drug-likeness (QED) is 0.201. The first kappa shape index (κ1) is 30.5. The van der Waals surface area contributed by atoms with Gasteiger partial charge in [-0.3, -0.25) is 25.1 Å². The molecular weight excluding hydrogens is 502 g/mol. The van der Waals surface area contributed by atoms with Crippen molar-refractivity contribution in [3.63, 3.8) is 0 Å². The summed E-state index contributed by atoms with van der Waals surface area (Å²) >= 11 is 0. The Balaban J connectivity index is 2.42. The predicted octanol–water partition coefficient (Wildman–Crippen LogP) is 4.94. The van der Waals surface area contributed by atoms with E-state index in [4.69, 9.17) is 14.2 Å². The standard InChI is InChI=1S/C25H35N3O10/c1-8-9-16-13-19(36-21(29)15-10-17(27(32)33)12-18(11-15)28(34)35)14-20(22(30)37-24(2,3)4)26(16)23(31)38-25(5,6)7/h10-12,16,19-20H,8-9,13-14H2,1-7H3/t16-,19-,20-/m0/s1. The first-order chi connectivity index (χ1) is 17.4. The van der Waals surface area contributed by atoms with Crippen LogP contribution in [-0.4, -0.2) is 62.2 Å². The number of piperidine rings is 1. The number of nitro groups is 2. The first-order valence-corrected chi connectivity index (χ1v) is 12.3. The number of ether oxygens (including phenoxy) is 3. The van der Waals surface area contributed by atoms with Gasteiger partial charge >= 0.3 is 18.0 Å². The molecule has 210 valence electrons. The van der Waals surface area contributed by atoms with E-state index in [0.29, 0.717) is 12.8 Å². The zero-order valence-electron chi connectivity index (χ0n) is 22.7. The summed E-state index contributed by atoms with van der Waals surface area (Å²) in [4.78, 5) is 61.4.